The maximum absolute atomic E-state index is 13.3. The molecule has 0 fully saturated rings. The first-order valence-corrected chi connectivity index (χ1v) is 13.6. The van der Waals surface area contributed by atoms with Crippen LogP contribution >= 0.6 is 0 Å². The summed E-state index contributed by atoms with van der Waals surface area (Å²) < 4.78 is 18.5. The molecule has 5 N–H and O–H groups in total. The molecule has 43 heavy (non-hydrogen) atoms. The van der Waals surface area contributed by atoms with E-state index in [4.69, 9.17) is 4.74 Å². The number of anilines is 2. The second kappa shape index (κ2) is 11.9. The van der Waals surface area contributed by atoms with Crippen molar-refractivity contribution in [1.29, 1.82) is 0 Å². The van der Waals surface area contributed by atoms with Gasteiger partial charge in [0.2, 0.25) is 0 Å². The molecule has 1 aliphatic heterocycles. The van der Waals surface area contributed by atoms with E-state index in [-0.39, 0.29) is 23.7 Å². The molecule has 4 aromatic rings. The van der Waals surface area contributed by atoms with Crippen molar-refractivity contribution in [2.75, 3.05) is 17.7 Å². The number of carbonyl (C=O) groups is 3. The van der Waals surface area contributed by atoms with Gasteiger partial charge >= 0.3 is 0 Å². The van der Waals surface area contributed by atoms with E-state index in [1.165, 1.54) is 19.2 Å². The Morgan fingerprint density at radius 3 is 2.49 bits per heavy atom. The molecule has 3 amide bonds. The number of aryl methyl sites for hydroxylation is 1. The maximum Gasteiger partial charge on any atom is 0.257 e. The van der Waals surface area contributed by atoms with E-state index in [0.717, 1.165) is 5.56 Å². The minimum atomic E-state index is -1.42. The highest BCUT2D eigenvalue weighted by molar-refractivity contribution is 6.35. The molecule has 1 aliphatic rings. The van der Waals surface area contributed by atoms with Crippen LogP contribution in [0.1, 0.15) is 63.1 Å². The lowest BCUT2D eigenvalue weighted by Crippen LogP contribution is -2.26. The highest BCUT2D eigenvalue weighted by Gasteiger charge is 2.27. The summed E-state index contributed by atoms with van der Waals surface area (Å²) in [5.41, 5.74) is 5.33. The molecule has 1 aromatic heterocycles. The molecule has 1 unspecified atom stereocenters. The molecule has 2 heterocycles. The van der Waals surface area contributed by atoms with E-state index in [2.05, 4.69) is 20.9 Å². The Morgan fingerprint density at radius 2 is 1.77 bits per heavy atom. The van der Waals surface area contributed by atoms with Crippen LogP contribution < -0.4 is 20.7 Å². The van der Waals surface area contributed by atoms with Crippen LogP contribution in [0, 0.1) is 19.7 Å². The molecule has 5 rings (SSSR count). The second-order valence-corrected chi connectivity index (χ2v) is 10.4. The number of ether oxygens (including phenoxy) is 1. The Bertz CT molecular complexity index is 1760. The topological polar surface area (TPSA) is 133 Å². The Balaban J connectivity index is 1.37. The molecule has 0 aliphatic carbocycles. The number of halogens is 1. The van der Waals surface area contributed by atoms with Gasteiger partial charge in [-0.2, -0.15) is 0 Å². The minimum Gasteiger partial charge on any atom is -0.497 e. The molecule has 2 atom stereocenters. The summed E-state index contributed by atoms with van der Waals surface area (Å²) >= 11 is 0. The lowest BCUT2D eigenvalue weighted by atomic mass is 10.0. The zero-order valence-corrected chi connectivity index (χ0v) is 24.0. The number of hydrogen-bond acceptors (Lipinski definition) is 5. The fraction of sp³-hybridized carbons (Fsp3) is 0.182. The quantitative estimate of drug-likeness (QED) is 0.177. The van der Waals surface area contributed by atoms with Crippen LogP contribution in [-0.4, -0.2) is 34.9 Å². The van der Waals surface area contributed by atoms with Crippen LogP contribution in [0.3, 0.4) is 0 Å². The number of aromatic nitrogens is 1. The molecule has 0 spiro atoms. The standard InChI is InChI=1S/C33H31FN4O5/c1-17-28(35-19(3)29(17)38-33(42)30(39)21-6-5-7-24(14-21)43-4)16-26-25-15-22(10-13-27(25)37-32(26)41)31(40)36-18(2)20-8-11-23(34)12-9-20/h5-16,18,30,35,39H,1-4H3,(H,36,40)(H,37,41)(H,38,42)/b26-16-/t18-,30?/m1/s1. The Hall–Kier alpha value is -5.22. The fourth-order valence-electron chi connectivity index (χ4n) is 4.99. The number of aromatic amines is 1. The van der Waals surface area contributed by atoms with E-state index in [9.17, 15) is 23.9 Å². The molecule has 9 nitrogen and oxygen atoms in total. The van der Waals surface area contributed by atoms with Crippen molar-refractivity contribution in [3.05, 3.63) is 112 Å². The number of amides is 3. The van der Waals surface area contributed by atoms with Crippen LogP contribution in [0.2, 0.25) is 0 Å². The third-order valence-electron chi connectivity index (χ3n) is 7.45. The highest BCUT2D eigenvalue weighted by Crippen LogP contribution is 2.36. The van der Waals surface area contributed by atoms with Gasteiger partial charge in [-0.3, -0.25) is 14.4 Å². The van der Waals surface area contributed by atoms with Crippen LogP contribution in [0.4, 0.5) is 15.8 Å². The molecular weight excluding hydrogens is 551 g/mol. The van der Waals surface area contributed by atoms with E-state index >= 15 is 0 Å². The fourth-order valence-corrected chi connectivity index (χ4v) is 4.99. The molecule has 3 aromatic carbocycles. The molecule has 10 heteroatoms. The van der Waals surface area contributed by atoms with E-state index in [0.29, 0.717) is 56.3 Å². The second-order valence-electron chi connectivity index (χ2n) is 10.4. The third-order valence-corrected chi connectivity index (χ3v) is 7.45. The van der Waals surface area contributed by atoms with Crippen molar-refractivity contribution < 1.29 is 28.6 Å². The summed E-state index contributed by atoms with van der Waals surface area (Å²) in [4.78, 5) is 42.1. The first-order valence-electron chi connectivity index (χ1n) is 13.6. The van der Waals surface area contributed by atoms with Gasteiger partial charge in [-0.25, -0.2) is 4.39 Å². The third kappa shape index (κ3) is 6.05. The smallest absolute Gasteiger partial charge is 0.257 e. The van der Waals surface area contributed by atoms with Crippen molar-refractivity contribution >= 4 is 40.7 Å². The monoisotopic (exact) mass is 582 g/mol. The van der Waals surface area contributed by atoms with Crippen molar-refractivity contribution in [2.24, 2.45) is 0 Å². The first-order chi connectivity index (χ1) is 20.5. The summed E-state index contributed by atoms with van der Waals surface area (Å²) in [6, 6.07) is 17.1. The lowest BCUT2D eigenvalue weighted by Gasteiger charge is -2.15. The van der Waals surface area contributed by atoms with Crippen molar-refractivity contribution in [2.45, 2.75) is 32.9 Å². The minimum absolute atomic E-state index is 0.335. The average molecular weight is 583 g/mol. The van der Waals surface area contributed by atoms with Crippen LogP contribution in [-0.2, 0) is 9.59 Å². The van der Waals surface area contributed by atoms with Gasteiger partial charge in [0.1, 0.15) is 11.6 Å². The van der Waals surface area contributed by atoms with Gasteiger partial charge in [0, 0.05) is 28.2 Å². The molecule has 0 saturated heterocycles. The zero-order valence-electron chi connectivity index (χ0n) is 24.0. The van der Waals surface area contributed by atoms with E-state index in [1.807, 2.05) is 0 Å². The van der Waals surface area contributed by atoms with Gasteiger partial charge in [0.15, 0.2) is 6.10 Å². The van der Waals surface area contributed by atoms with Crippen LogP contribution in [0.5, 0.6) is 5.75 Å². The van der Waals surface area contributed by atoms with Crippen LogP contribution in [0.25, 0.3) is 11.6 Å². The number of nitrogens with one attached hydrogen (secondary N) is 4. The predicted molar refractivity (Wildman–Crippen MR) is 162 cm³/mol. The normalized spacial score (nSPS) is 14.6. The summed E-state index contributed by atoms with van der Waals surface area (Å²) in [6.45, 7) is 5.37. The SMILES string of the molecule is COc1cccc(C(O)C(=O)Nc2c(C)[nH]c(/C=C3\C(=O)Nc4ccc(C(=O)N[C@H](C)c5ccc(F)cc5)cc43)c2C)c1. The van der Waals surface area contributed by atoms with Crippen LogP contribution in [0.15, 0.2) is 66.7 Å². The summed E-state index contributed by atoms with van der Waals surface area (Å²) in [5, 5.41) is 19.2. The first kappa shape index (κ1) is 29.3. The molecule has 0 bridgehead atoms. The average Bonchev–Trinajstić information content (AvgIpc) is 3.46. The van der Waals surface area contributed by atoms with Crippen molar-refractivity contribution in [3.8, 4) is 5.75 Å². The highest BCUT2D eigenvalue weighted by atomic mass is 19.1. The molecule has 220 valence electrons. The van der Waals surface area contributed by atoms with Gasteiger partial charge < -0.3 is 30.8 Å². The van der Waals surface area contributed by atoms with Crippen molar-refractivity contribution in [3.63, 3.8) is 0 Å². The van der Waals surface area contributed by atoms with Gasteiger partial charge in [-0.1, -0.05) is 24.3 Å². The number of methoxy groups -OCH3 is 1. The number of fused-ring (bicyclic) bond motifs is 1. The van der Waals surface area contributed by atoms with Gasteiger partial charge in [0.05, 0.1) is 24.4 Å². The number of aliphatic hydroxyl groups excluding tert-OH is 1. The predicted octanol–water partition coefficient (Wildman–Crippen LogP) is 5.44. The zero-order chi connectivity index (χ0) is 30.8. The summed E-state index contributed by atoms with van der Waals surface area (Å²) in [6.07, 6.45) is 0.244. The molecule has 0 radical (unpaired) electrons. The number of H-pyrrole nitrogens is 1. The van der Waals surface area contributed by atoms with Gasteiger partial charge in [-0.05, 0) is 86.0 Å². The Kier molecular flexibility index (Phi) is 8.13. The van der Waals surface area contributed by atoms with Gasteiger partial charge in [-0.15, -0.1) is 0 Å². The number of aliphatic hydroxyl groups is 1. The van der Waals surface area contributed by atoms with Crippen molar-refractivity contribution in [1.82, 2.24) is 10.3 Å². The van der Waals surface area contributed by atoms with E-state index < -0.39 is 12.0 Å². The number of hydrogen-bond donors (Lipinski definition) is 5. The molecule has 0 saturated carbocycles. The van der Waals surface area contributed by atoms with E-state index in [1.54, 1.807) is 81.4 Å². The summed E-state index contributed by atoms with van der Waals surface area (Å²) in [5.74, 6) is -1.13. The Labute approximate surface area is 247 Å². The van der Waals surface area contributed by atoms with Gasteiger partial charge in [0.25, 0.3) is 17.7 Å². The largest absolute Gasteiger partial charge is 0.497 e. The summed E-state index contributed by atoms with van der Waals surface area (Å²) in [7, 11) is 1.50. The lowest BCUT2D eigenvalue weighted by molar-refractivity contribution is -0.124. The maximum atomic E-state index is 13.3. The Morgan fingerprint density at radius 1 is 1.02 bits per heavy atom. The number of benzene rings is 3. The molecular formula is C33H31FN4O5. The number of carbonyl (C=O) groups excluding carboxylic acids is 3. The number of rotatable bonds is 8.